The van der Waals surface area contributed by atoms with Gasteiger partial charge in [-0.15, -0.1) is 0 Å². The van der Waals surface area contributed by atoms with Crippen LogP contribution in [0.5, 0.6) is 0 Å². The van der Waals surface area contributed by atoms with E-state index in [0.717, 1.165) is 25.1 Å². The molecule has 0 aromatic heterocycles. The average molecular weight is 268 g/mol. The lowest BCUT2D eigenvalue weighted by atomic mass is 10.1. The quantitative estimate of drug-likeness (QED) is 0.902. The summed E-state index contributed by atoms with van der Waals surface area (Å²) in [5.74, 6) is -1.57. The molecule has 2 nitrogen and oxygen atoms in total. The van der Waals surface area contributed by atoms with Crippen LogP contribution in [0, 0.1) is 11.6 Å². The van der Waals surface area contributed by atoms with Gasteiger partial charge in [-0.05, 0) is 51.4 Å². The molecule has 1 aromatic rings. The summed E-state index contributed by atoms with van der Waals surface area (Å²) in [4.78, 5) is 2.43. The van der Waals surface area contributed by atoms with E-state index < -0.39 is 11.6 Å². The standard InChI is InChI=1S/C15H22F2N2/c1-10(2)19-7-6-13(9-19)18-11(3)12-4-5-14(16)15(17)8-12/h4-5,8,10-11,13,18H,6-7,9H2,1-3H3. The maximum Gasteiger partial charge on any atom is 0.159 e. The molecule has 1 N–H and O–H groups in total. The van der Waals surface area contributed by atoms with Crippen molar-refractivity contribution in [1.82, 2.24) is 10.2 Å². The Labute approximate surface area is 113 Å². The van der Waals surface area contributed by atoms with Gasteiger partial charge in [0.25, 0.3) is 0 Å². The van der Waals surface area contributed by atoms with E-state index in [1.165, 1.54) is 12.1 Å². The molecule has 1 heterocycles. The normalized spacial score (nSPS) is 22.1. The minimum Gasteiger partial charge on any atom is -0.306 e. The van der Waals surface area contributed by atoms with Gasteiger partial charge in [-0.3, -0.25) is 4.90 Å². The fourth-order valence-corrected chi connectivity index (χ4v) is 2.62. The van der Waals surface area contributed by atoms with Crippen LogP contribution in [0.2, 0.25) is 0 Å². The zero-order chi connectivity index (χ0) is 14.0. The van der Waals surface area contributed by atoms with Gasteiger partial charge in [-0.25, -0.2) is 8.78 Å². The number of hydrogen-bond acceptors (Lipinski definition) is 2. The van der Waals surface area contributed by atoms with Crippen LogP contribution < -0.4 is 5.32 Å². The minimum atomic E-state index is -0.789. The lowest BCUT2D eigenvalue weighted by Crippen LogP contribution is -2.36. The van der Waals surface area contributed by atoms with Crippen molar-refractivity contribution in [3.05, 3.63) is 35.4 Å². The molecular formula is C15H22F2N2. The van der Waals surface area contributed by atoms with Gasteiger partial charge < -0.3 is 5.32 Å². The van der Waals surface area contributed by atoms with Gasteiger partial charge in [0.2, 0.25) is 0 Å². The van der Waals surface area contributed by atoms with Crippen molar-refractivity contribution < 1.29 is 8.78 Å². The van der Waals surface area contributed by atoms with Crippen molar-refractivity contribution in [3.63, 3.8) is 0 Å². The lowest BCUT2D eigenvalue weighted by molar-refractivity contribution is 0.266. The molecule has 1 aromatic carbocycles. The fraction of sp³-hybridized carbons (Fsp3) is 0.600. The number of rotatable bonds is 4. The van der Waals surface area contributed by atoms with Gasteiger partial charge in [0.05, 0.1) is 0 Å². The van der Waals surface area contributed by atoms with E-state index in [-0.39, 0.29) is 6.04 Å². The van der Waals surface area contributed by atoms with Crippen LogP contribution in [0.25, 0.3) is 0 Å². The molecule has 0 amide bonds. The third-order valence-corrected chi connectivity index (χ3v) is 3.88. The van der Waals surface area contributed by atoms with Gasteiger partial charge in [-0.1, -0.05) is 6.07 Å². The molecule has 0 radical (unpaired) electrons. The van der Waals surface area contributed by atoms with Crippen LogP contribution in [0.15, 0.2) is 18.2 Å². The van der Waals surface area contributed by atoms with E-state index in [2.05, 4.69) is 24.1 Å². The summed E-state index contributed by atoms with van der Waals surface area (Å²) in [6.07, 6.45) is 1.10. The highest BCUT2D eigenvalue weighted by atomic mass is 19.2. The first kappa shape index (κ1) is 14.4. The van der Waals surface area contributed by atoms with Gasteiger partial charge >= 0.3 is 0 Å². The lowest BCUT2D eigenvalue weighted by Gasteiger charge is -2.23. The van der Waals surface area contributed by atoms with E-state index in [1.54, 1.807) is 6.07 Å². The monoisotopic (exact) mass is 268 g/mol. The molecule has 0 aliphatic carbocycles. The summed E-state index contributed by atoms with van der Waals surface area (Å²) in [6, 6.07) is 5.13. The summed E-state index contributed by atoms with van der Waals surface area (Å²) in [7, 11) is 0. The highest BCUT2D eigenvalue weighted by Crippen LogP contribution is 2.19. The van der Waals surface area contributed by atoms with Crippen molar-refractivity contribution in [3.8, 4) is 0 Å². The van der Waals surface area contributed by atoms with Gasteiger partial charge in [-0.2, -0.15) is 0 Å². The Hall–Kier alpha value is -1.00. The first-order valence-corrected chi connectivity index (χ1v) is 6.92. The maximum absolute atomic E-state index is 13.2. The summed E-state index contributed by atoms with van der Waals surface area (Å²) in [5.41, 5.74) is 0.793. The maximum atomic E-state index is 13.2. The summed E-state index contributed by atoms with van der Waals surface area (Å²) < 4.78 is 26.1. The zero-order valence-electron chi connectivity index (χ0n) is 11.8. The second kappa shape index (κ2) is 5.97. The predicted octanol–water partition coefficient (Wildman–Crippen LogP) is 3.10. The topological polar surface area (TPSA) is 15.3 Å². The number of hydrogen-bond donors (Lipinski definition) is 1. The summed E-state index contributed by atoms with van der Waals surface area (Å²) in [5, 5.41) is 3.50. The molecule has 19 heavy (non-hydrogen) atoms. The highest BCUT2D eigenvalue weighted by molar-refractivity contribution is 5.21. The predicted molar refractivity (Wildman–Crippen MR) is 73.0 cm³/mol. The molecule has 1 fully saturated rings. The molecule has 2 unspecified atom stereocenters. The molecule has 0 bridgehead atoms. The Morgan fingerprint density at radius 3 is 2.53 bits per heavy atom. The molecule has 2 rings (SSSR count). The highest BCUT2D eigenvalue weighted by Gasteiger charge is 2.25. The van der Waals surface area contributed by atoms with E-state index in [4.69, 9.17) is 0 Å². The zero-order valence-corrected chi connectivity index (χ0v) is 11.8. The second-order valence-corrected chi connectivity index (χ2v) is 5.64. The van der Waals surface area contributed by atoms with Crippen molar-refractivity contribution in [2.45, 2.75) is 45.3 Å². The average Bonchev–Trinajstić information content (AvgIpc) is 2.81. The van der Waals surface area contributed by atoms with Crippen molar-refractivity contribution in [1.29, 1.82) is 0 Å². The van der Waals surface area contributed by atoms with E-state index in [1.807, 2.05) is 6.92 Å². The number of nitrogens with zero attached hydrogens (tertiary/aromatic N) is 1. The number of nitrogens with one attached hydrogen (secondary N) is 1. The van der Waals surface area contributed by atoms with Gasteiger partial charge in [0, 0.05) is 24.7 Å². The molecule has 1 saturated heterocycles. The molecule has 2 atom stereocenters. The molecule has 0 saturated carbocycles. The minimum absolute atomic E-state index is 0.0345. The summed E-state index contributed by atoms with van der Waals surface area (Å²) >= 11 is 0. The van der Waals surface area contributed by atoms with Crippen LogP contribution in [0.4, 0.5) is 8.78 Å². The number of benzene rings is 1. The third kappa shape index (κ3) is 3.51. The molecule has 1 aliphatic heterocycles. The first-order valence-electron chi connectivity index (χ1n) is 6.92. The number of likely N-dealkylation sites (tertiary alicyclic amines) is 1. The fourth-order valence-electron chi connectivity index (χ4n) is 2.62. The van der Waals surface area contributed by atoms with Gasteiger partial charge in [0.1, 0.15) is 0 Å². The summed E-state index contributed by atoms with van der Waals surface area (Å²) in [6.45, 7) is 8.50. The van der Waals surface area contributed by atoms with Crippen LogP contribution >= 0.6 is 0 Å². The van der Waals surface area contributed by atoms with Crippen LogP contribution in [0.1, 0.15) is 38.8 Å². The van der Waals surface area contributed by atoms with Crippen molar-refractivity contribution in [2.24, 2.45) is 0 Å². The molecule has 1 aliphatic rings. The Balaban J connectivity index is 1.94. The molecule has 4 heteroatoms. The van der Waals surface area contributed by atoms with Crippen LogP contribution in [0.3, 0.4) is 0 Å². The molecule has 106 valence electrons. The van der Waals surface area contributed by atoms with E-state index >= 15 is 0 Å². The largest absolute Gasteiger partial charge is 0.306 e. The van der Waals surface area contributed by atoms with E-state index in [9.17, 15) is 8.78 Å². The van der Waals surface area contributed by atoms with E-state index in [0.29, 0.717) is 12.1 Å². The van der Waals surface area contributed by atoms with Crippen LogP contribution in [-0.4, -0.2) is 30.1 Å². The van der Waals surface area contributed by atoms with Gasteiger partial charge in [0.15, 0.2) is 11.6 Å². The number of halogens is 2. The molecule has 0 spiro atoms. The van der Waals surface area contributed by atoms with Crippen molar-refractivity contribution in [2.75, 3.05) is 13.1 Å². The van der Waals surface area contributed by atoms with Crippen LogP contribution in [-0.2, 0) is 0 Å². The Morgan fingerprint density at radius 1 is 1.21 bits per heavy atom. The molecular weight excluding hydrogens is 246 g/mol. The third-order valence-electron chi connectivity index (χ3n) is 3.88. The SMILES string of the molecule is CC(NC1CCN(C(C)C)C1)c1ccc(F)c(F)c1. The first-order chi connectivity index (χ1) is 8.97. The Bertz CT molecular complexity index is 434. The smallest absolute Gasteiger partial charge is 0.159 e. The second-order valence-electron chi connectivity index (χ2n) is 5.64. The Kier molecular flexibility index (Phi) is 4.53. The van der Waals surface area contributed by atoms with Crippen molar-refractivity contribution >= 4 is 0 Å². The Morgan fingerprint density at radius 2 is 1.95 bits per heavy atom.